The number of fused-ring (bicyclic) bond motifs is 1. The third-order valence-electron chi connectivity index (χ3n) is 7.59. The molecule has 1 fully saturated rings. The molecule has 8 nitrogen and oxygen atoms in total. The molecule has 8 heteroatoms. The van der Waals surface area contributed by atoms with Crippen LogP contribution in [0.1, 0.15) is 28.8 Å². The van der Waals surface area contributed by atoms with Crippen molar-refractivity contribution in [3.8, 4) is 11.5 Å². The molecule has 37 heavy (non-hydrogen) atoms. The highest BCUT2D eigenvalue weighted by Crippen LogP contribution is 2.36. The van der Waals surface area contributed by atoms with Crippen LogP contribution in [0.2, 0.25) is 0 Å². The molecule has 3 N–H and O–H groups in total. The fourth-order valence-electron chi connectivity index (χ4n) is 5.86. The van der Waals surface area contributed by atoms with Gasteiger partial charge in [0.25, 0.3) is 5.91 Å². The molecule has 2 aromatic carbocycles. The summed E-state index contributed by atoms with van der Waals surface area (Å²) in [6.07, 6.45) is 5.63. The van der Waals surface area contributed by atoms with Crippen LogP contribution in [-0.4, -0.2) is 55.6 Å². The summed E-state index contributed by atoms with van der Waals surface area (Å²) >= 11 is 0. The molecule has 7 rings (SSSR count). The summed E-state index contributed by atoms with van der Waals surface area (Å²) < 4.78 is 4.61. The van der Waals surface area contributed by atoms with E-state index in [1.54, 1.807) is 6.20 Å². The number of amides is 1. The first-order valence-corrected chi connectivity index (χ1v) is 13.0. The Morgan fingerprint density at radius 2 is 2.03 bits per heavy atom. The molecular formula is C29H29N7O. The largest absolute Gasteiger partial charge is 0.381 e. The van der Waals surface area contributed by atoms with Crippen LogP contribution < -0.4 is 11.1 Å². The standard InChI is InChI=1S/C29H29N7O/c30-22-7-4-11-34(18-22)29(37)21-13-23-27-24(14-21)33-28(35(27)12-10-32-23)26-15-20-6-1-2-8-25(20)36(26)17-19-5-3-9-31-16-19/h1-3,5-6,8-9,13-16,22,32H,4,7,10-12,17-18,30H2/t22-/m1/s1. The minimum Gasteiger partial charge on any atom is -0.381 e. The predicted molar refractivity (Wildman–Crippen MR) is 146 cm³/mol. The molecule has 0 bridgehead atoms. The van der Waals surface area contributed by atoms with Gasteiger partial charge in [0.1, 0.15) is 0 Å². The molecule has 2 aliphatic heterocycles. The molecule has 0 saturated carbocycles. The Morgan fingerprint density at radius 3 is 2.89 bits per heavy atom. The maximum absolute atomic E-state index is 13.4. The number of rotatable bonds is 4. The summed E-state index contributed by atoms with van der Waals surface area (Å²) in [4.78, 5) is 24.8. The van der Waals surface area contributed by atoms with E-state index in [1.807, 2.05) is 29.3 Å². The van der Waals surface area contributed by atoms with Crippen molar-refractivity contribution in [1.29, 1.82) is 0 Å². The normalized spacial score (nSPS) is 17.3. The fourth-order valence-corrected chi connectivity index (χ4v) is 5.86. The summed E-state index contributed by atoms with van der Waals surface area (Å²) in [6, 6.07) is 18.7. The predicted octanol–water partition coefficient (Wildman–Crippen LogP) is 4.09. The number of hydrogen-bond acceptors (Lipinski definition) is 5. The van der Waals surface area contributed by atoms with Crippen LogP contribution >= 0.6 is 0 Å². The van der Waals surface area contributed by atoms with Crippen molar-refractivity contribution in [2.45, 2.75) is 32.0 Å². The molecule has 0 aliphatic carbocycles. The second-order valence-electron chi connectivity index (χ2n) is 10.1. The fraction of sp³-hybridized carbons (Fsp3) is 0.276. The molecule has 1 atom stereocenters. The van der Waals surface area contributed by atoms with E-state index >= 15 is 0 Å². The van der Waals surface area contributed by atoms with Gasteiger partial charge < -0.3 is 25.1 Å². The monoisotopic (exact) mass is 491 g/mol. The lowest BCUT2D eigenvalue weighted by atomic mass is 10.0. The zero-order valence-corrected chi connectivity index (χ0v) is 20.6. The number of piperidine rings is 1. The van der Waals surface area contributed by atoms with Gasteiger partial charge in [-0.3, -0.25) is 9.78 Å². The van der Waals surface area contributed by atoms with Crippen molar-refractivity contribution in [1.82, 2.24) is 24.0 Å². The van der Waals surface area contributed by atoms with E-state index in [1.165, 1.54) is 5.39 Å². The highest BCUT2D eigenvalue weighted by atomic mass is 16.2. The smallest absolute Gasteiger partial charge is 0.254 e. The lowest BCUT2D eigenvalue weighted by molar-refractivity contribution is 0.0709. The number of benzene rings is 2. The highest BCUT2D eigenvalue weighted by Gasteiger charge is 2.27. The highest BCUT2D eigenvalue weighted by molar-refractivity contribution is 6.03. The van der Waals surface area contributed by atoms with Gasteiger partial charge in [-0.2, -0.15) is 0 Å². The van der Waals surface area contributed by atoms with E-state index in [0.29, 0.717) is 18.7 Å². The van der Waals surface area contributed by atoms with Gasteiger partial charge in [0.05, 0.1) is 22.4 Å². The zero-order chi connectivity index (χ0) is 24.9. The van der Waals surface area contributed by atoms with Crippen molar-refractivity contribution in [2.75, 3.05) is 25.0 Å². The topological polar surface area (TPSA) is 94.0 Å². The van der Waals surface area contributed by atoms with Crippen molar-refractivity contribution in [2.24, 2.45) is 5.73 Å². The van der Waals surface area contributed by atoms with E-state index in [2.05, 4.69) is 55.8 Å². The van der Waals surface area contributed by atoms with Crippen molar-refractivity contribution >= 4 is 33.5 Å². The Labute approximate surface area is 214 Å². The lowest BCUT2D eigenvalue weighted by Crippen LogP contribution is -2.45. The Morgan fingerprint density at radius 1 is 1.11 bits per heavy atom. The number of likely N-dealkylation sites (tertiary alicyclic amines) is 1. The Balaban J connectivity index is 1.37. The van der Waals surface area contributed by atoms with Crippen LogP contribution in [0.3, 0.4) is 0 Å². The molecule has 186 valence electrons. The van der Waals surface area contributed by atoms with Crippen molar-refractivity contribution < 1.29 is 4.79 Å². The maximum atomic E-state index is 13.4. The number of nitrogens with zero attached hydrogens (tertiary/aromatic N) is 5. The molecule has 0 spiro atoms. The molecule has 5 aromatic rings. The van der Waals surface area contributed by atoms with Crippen LogP contribution in [-0.2, 0) is 13.1 Å². The average molecular weight is 492 g/mol. The van der Waals surface area contributed by atoms with Crippen LogP contribution in [0.5, 0.6) is 0 Å². The summed E-state index contributed by atoms with van der Waals surface area (Å²) in [6.45, 7) is 3.64. The number of carbonyl (C=O) groups is 1. The summed E-state index contributed by atoms with van der Waals surface area (Å²) in [5.41, 5.74) is 13.0. The number of imidazole rings is 1. The van der Waals surface area contributed by atoms with E-state index in [-0.39, 0.29) is 11.9 Å². The first-order valence-electron chi connectivity index (χ1n) is 13.0. The second-order valence-corrected chi connectivity index (χ2v) is 10.1. The Bertz CT molecular complexity index is 1630. The van der Waals surface area contributed by atoms with Gasteiger partial charge in [0.2, 0.25) is 0 Å². The number of nitrogens with one attached hydrogen (secondary N) is 1. The Kier molecular flexibility index (Phi) is 5.21. The number of nitrogens with two attached hydrogens (primary N) is 1. The molecule has 5 heterocycles. The first-order chi connectivity index (χ1) is 18.2. The molecule has 3 aromatic heterocycles. The maximum Gasteiger partial charge on any atom is 0.254 e. The number of carbonyl (C=O) groups excluding carboxylic acids is 1. The Hall–Kier alpha value is -4.17. The van der Waals surface area contributed by atoms with Crippen LogP contribution in [0.25, 0.3) is 33.5 Å². The first kappa shape index (κ1) is 22.1. The summed E-state index contributed by atoms with van der Waals surface area (Å²) in [5.74, 6) is 0.949. The van der Waals surface area contributed by atoms with Gasteiger partial charge in [-0.1, -0.05) is 24.3 Å². The number of aromatic nitrogens is 4. The molecule has 0 unspecified atom stereocenters. The van der Waals surface area contributed by atoms with Crippen LogP contribution in [0, 0.1) is 0 Å². The lowest BCUT2D eigenvalue weighted by Gasteiger charge is -2.31. The number of hydrogen-bond donors (Lipinski definition) is 2. The third kappa shape index (κ3) is 3.76. The van der Waals surface area contributed by atoms with E-state index in [4.69, 9.17) is 10.7 Å². The number of pyridine rings is 1. The van der Waals surface area contributed by atoms with Gasteiger partial charge in [0, 0.05) is 67.6 Å². The number of anilines is 1. The zero-order valence-electron chi connectivity index (χ0n) is 20.6. The molecule has 0 radical (unpaired) electrons. The minimum atomic E-state index is 0.0301. The average Bonchev–Trinajstić information content (AvgIpc) is 3.48. The van der Waals surface area contributed by atoms with Gasteiger partial charge in [0.15, 0.2) is 5.82 Å². The van der Waals surface area contributed by atoms with Crippen molar-refractivity contribution in [3.05, 3.63) is 78.1 Å². The van der Waals surface area contributed by atoms with Crippen molar-refractivity contribution in [3.63, 3.8) is 0 Å². The third-order valence-corrected chi connectivity index (χ3v) is 7.59. The quantitative estimate of drug-likeness (QED) is 0.395. The van der Waals surface area contributed by atoms with Gasteiger partial charge in [-0.25, -0.2) is 4.98 Å². The van der Waals surface area contributed by atoms with Gasteiger partial charge in [-0.15, -0.1) is 0 Å². The molecular weight excluding hydrogens is 462 g/mol. The molecule has 1 saturated heterocycles. The molecule has 1 amide bonds. The van der Waals surface area contributed by atoms with E-state index < -0.39 is 0 Å². The minimum absolute atomic E-state index is 0.0301. The van der Waals surface area contributed by atoms with Crippen LogP contribution in [0.4, 0.5) is 5.69 Å². The van der Waals surface area contributed by atoms with Gasteiger partial charge in [-0.05, 0) is 48.7 Å². The number of para-hydroxylation sites is 1. The van der Waals surface area contributed by atoms with Crippen LogP contribution in [0.15, 0.2) is 67.0 Å². The summed E-state index contributed by atoms with van der Waals surface area (Å²) in [7, 11) is 0. The summed E-state index contributed by atoms with van der Waals surface area (Å²) in [5, 5.41) is 4.68. The second kappa shape index (κ2) is 8.74. The van der Waals surface area contributed by atoms with Gasteiger partial charge >= 0.3 is 0 Å². The molecule has 2 aliphatic rings. The van der Waals surface area contributed by atoms with E-state index in [9.17, 15) is 4.79 Å². The SMILES string of the molecule is N[C@@H]1CCCN(C(=O)c2cc3c4c(c2)nc(-c2cc5ccccc5n2Cc2cccnc2)n4CCN3)C1. The van der Waals surface area contributed by atoms with E-state index in [0.717, 1.165) is 71.8 Å².